The molecule has 1 saturated heterocycles. The molecule has 1 aliphatic rings. The van der Waals surface area contributed by atoms with Gasteiger partial charge in [0.25, 0.3) is 0 Å². The first-order valence-electron chi connectivity index (χ1n) is 5.72. The number of nitrogens with zero attached hydrogens (tertiary/aromatic N) is 1. The Morgan fingerprint density at radius 2 is 2.38 bits per heavy atom. The summed E-state index contributed by atoms with van der Waals surface area (Å²) >= 11 is 6.81. The highest BCUT2D eigenvalue weighted by Gasteiger charge is 2.27. The molecule has 0 aromatic rings. The fourth-order valence-electron chi connectivity index (χ4n) is 1.78. The van der Waals surface area contributed by atoms with Gasteiger partial charge < -0.3 is 10.6 Å². The Morgan fingerprint density at radius 1 is 1.69 bits per heavy atom. The van der Waals surface area contributed by atoms with Gasteiger partial charge in [-0.3, -0.25) is 4.79 Å². The molecule has 0 aromatic carbocycles. The summed E-state index contributed by atoms with van der Waals surface area (Å²) in [5.41, 5.74) is 5.58. The second-order valence-electron chi connectivity index (χ2n) is 4.24. The van der Waals surface area contributed by atoms with Crippen molar-refractivity contribution in [2.75, 3.05) is 24.6 Å². The molecule has 2 atom stereocenters. The topological polar surface area (TPSA) is 46.3 Å². The summed E-state index contributed by atoms with van der Waals surface area (Å²) in [6, 6.07) is 0. The van der Waals surface area contributed by atoms with Gasteiger partial charge in [-0.15, -0.1) is 0 Å². The molecule has 1 heterocycles. The van der Waals surface area contributed by atoms with E-state index in [2.05, 4.69) is 0 Å². The number of hydrogen-bond acceptors (Lipinski definition) is 3. The fourth-order valence-corrected chi connectivity index (χ4v) is 3.07. The van der Waals surface area contributed by atoms with Crippen LogP contribution in [0.5, 0.6) is 0 Å². The first-order chi connectivity index (χ1) is 7.56. The maximum absolute atomic E-state index is 12.2. The molecule has 16 heavy (non-hydrogen) atoms. The van der Waals surface area contributed by atoms with Gasteiger partial charge in [0.05, 0.1) is 4.99 Å². The second kappa shape index (κ2) is 6.45. The molecule has 1 aliphatic heterocycles. The van der Waals surface area contributed by atoms with Gasteiger partial charge >= 0.3 is 0 Å². The molecule has 0 radical (unpaired) electrons. The van der Waals surface area contributed by atoms with Crippen LogP contribution in [0.15, 0.2) is 0 Å². The van der Waals surface area contributed by atoms with Crippen LogP contribution in [0.25, 0.3) is 0 Å². The van der Waals surface area contributed by atoms with Crippen molar-refractivity contribution in [2.24, 2.45) is 17.6 Å². The standard InChI is InChI=1S/C11H20N2OS2/c1-3-13(6-8(2)10(12)15)11(14)9-4-5-16-7-9/h8-9H,3-7H2,1-2H3,(H2,12,15). The van der Waals surface area contributed by atoms with Crippen molar-refractivity contribution in [1.82, 2.24) is 4.90 Å². The van der Waals surface area contributed by atoms with Gasteiger partial charge in [-0.1, -0.05) is 19.1 Å². The van der Waals surface area contributed by atoms with Crippen LogP contribution >= 0.6 is 24.0 Å². The molecule has 5 heteroatoms. The number of hydrogen-bond donors (Lipinski definition) is 1. The van der Waals surface area contributed by atoms with Gasteiger partial charge in [-0.2, -0.15) is 11.8 Å². The minimum atomic E-state index is 0.105. The highest BCUT2D eigenvalue weighted by molar-refractivity contribution is 7.99. The van der Waals surface area contributed by atoms with Crippen molar-refractivity contribution in [3.63, 3.8) is 0 Å². The van der Waals surface area contributed by atoms with Crippen LogP contribution in [0.3, 0.4) is 0 Å². The molecule has 0 spiro atoms. The normalized spacial score (nSPS) is 21.8. The van der Waals surface area contributed by atoms with Gasteiger partial charge in [-0.25, -0.2) is 0 Å². The molecular formula is C11H20N2OS2. The van der Waals surface area contributed by atoms with Crippen LogP contribution in [0.4, 0.5) is 0 Å². The lowest BCUT2D eigenvalue weighted by molar-refractivity contribution is -0.134. The molecule has 2 unspecified atom stereocenters. The van der Waals surface area contributed by atoms with Crippen LogP contribution in [0.2, 0.25) is 0 Å². The van der Waals surface area contributed by atoms with Crippen molar-refractivity contribution in [1.29, 1.82) is 0 Å². The van der Waals surface area contributed by atoms with Crippen molar-refractivity contribution >= 4 is 34.9 Å². The SMILES string of the molecule is CCN(CC(C)C(N)=S)C(=O)C1CCSC1. The largest absolute Gasteiger partial charge is 0.393 e. The predicted molar refractivity (Wildman–Crippen MR) is 73.6 cm³/mol. The third-order valence-electron chi connectivity index (χ3n) is 2.95. The monoisotopic (exact) mass is 260 g/mol. The van der Waals surface area contributed by atoms with E-state index in [0.29, 0.717) is 11.5 Å². The number of amides is 1. The van der Waals surface area contributed by atoms with E-state index < -0.39 is 0 Å². The molecular weight excluding hydrogens is 240 g/mol. The Labute approximate surface area is 107 Å². The molecule has 1 fully saturated rings. The van der Waals surface area contributed by atoms with Gasteiger partial charge in [-0.05, 0) is 19.1 Å². The highest BCUT2D eigenvalue weighted by Crippen LogP contribution is 2.25. The maximum Gasteiger partial charge on any atom is 0.226 e. The van der Waals surface area contributed by atoms with Crippen molar-refractivity contribution in [3.8, 4) is 0 Å². The van der Waals surface area contributed by atoms with Gasteiger partial charge in [0, 0.05) is 30.7 Å². The Balaban J connectivity index is 2.52. The first-order valence-corrected chi connectivity index (χ1v) is 7.28. The van der Waals surface area contributed by atoms with Crippen LogP contribution in [-0.4, -0.2) is 40.4 Å². The summed E-state index contributed by atoms with van der Waals surface area (Å²) in [6.45, 7) is 5.38. The van der Waals surface area contributed by atoms with E-state index in [-0.39, 0.29) is 17.7 Å². The number of thioether (sulfide) groups is 1. The number of carbonyl (C=O) groups excluding carboxylic acids is 1. The molecule has 1 amide bonds. The summed E-state index contributed by atoms with van der Waals surface area (Å²) < 4.78 is 0. The van der Waals surface area contributed by atoms with Gasteiger partial charge in [0.2, 0.25) is 5.91 Å². The Hall–Kier alpha value is -0.290. The molecule has 3 nitrogen and oxygen atoms in total. The van der Waals surface area contributed by atoms with Crippen molar-refractivity contribution in [3.05, 3.63) is 0 Å². The summed E-state index contributed by atoms with van der Waals surface area (Å²) in [7, 11) is 0. The zero-order chi connectivity index (χ0) is 12.1. The molecule has 1 rings (SSSR count). The molecule has 0 bridgehead atoms. The second-order valence-corrected chi connectivity index (χ2v) is 5.86. The van der Waals surface area contributed by atoms with Crippen LogP contribution < -0.4 is 5.73 Å². The smallest absolute Gasteiger partial charge is 0.226 e. The minimum absolute atomic E-state index is 0.105. The predicted octanol–water partition coefficient (Wildman–Crippen LogP) is 1.51. The summed E-state index contributed by atoms with van der Waals surface area (Å²) in [4.78, 5) is 14.5. The minimum Gasteiger partial charge on any atom is -0.393 e. The molecule has 0 saturated carbocycles. The maximum atomic E-state index is 12.2. The van der Waals surface area contributed by atoms with Crippen molar-refractivity contribution < 1.29 is 4.79 Å². The van der Waals surface area contributed by atoms with E-state index in [1.807, 2.05) is 30.5 Å². The molecule has 2 N–H and O–H groups in total. The summed E-state index contributed by atoms with van der Waals surface area (Å²) in [6.07, 6.45) is 1.02. The highest BCUT2D eigenvalue weighted by atomic mass is 32.2. The summed E-state index contributed by atoms with van der Waals surface area (Å²) in [5, 5.41) is 0. The van der Waals surface area contributed by atoms with E-state index in [1.165, 1.54) is 0 Å². The van der Waals surface area contributed by atoms with Crippen LogP contribution in [0.1, 0.15) is 20.3 Å². The van der Waals surface area contributed by atoms with E-state index in [0.717, 1.165) is 24.5 Å². The fraction of sp³-hybridized carbons (Fsp3) is 0.818. The average molecular weight is 260 g/mol. The van der Waals surface area contributed by atoms with Gasteiger partial charge in [0.15, 0.2) is 0 Å². The first kappa shape index (κ1) is 13.8. The Bertz CT molecular complexity index is 265. The lowest BCUT2D eigenvalue weighted by atomic mass is 10.1. The molecule has 92 valence electrons. The molecule has 0 aliphatic carbocycles. The zero-order valence-electron chi connectivity index (χ0n) is 9.94. The lowest BCUT2D eigenvalue weighted by Crippen LogP contribution is -2.41. The Kier molecular flexibility index (Phi) is 5.55. The van der Waals surface area contributed by atoms with Crippen LogP contribution in [-0.2, 0) is 4.79 Å². The molecule has 0 aromatic heterocycles. The Morgan fingerprint density at radius 3 is 2.81 bits per heavy atom. The zero-order valence-corrected chi connectivity index (χ0v) is 11.6. The van der Waals surface area contributed by atoms with Crippen LogP contribution in [0, 0.1) is 11.8 Å². The van der Waals surface area contributed by atoms with Crippen molar-refractivity contribution in [2.45, 2.75) is 20.3 Å². The average Bonchev–Trinajstić information content (AvgIpc) is 2.77. The van der Waals surface area contributed by atoms with Gasteiger partial charge in [0.1, 0.15) is 0 Å². The van der Waals surface area contributed by atoms with E-state index in [4.69, 9.17) is 18.0 Å². The number of thiocarbonyl (C=S) groups is 1. The third-order valence-corrected chi connectivity index (χ3v) is 4.52. The quantitative estimate of drug-likeness (QED) is 0.761. The number of nitrogens with two attached hydrogens (primary N) is 1. The number of rotatable bonds is 5. The lowest BCUT2D eigenvalue weighted by Gasteiger charge is -2.26. The van der Waals surface area contributed by atoms with E-state index >= 15 is 0 Å². The third kappa shape index (κ3) is 3.63. The summed E-state index contributed by atoms with van der Waals surface area (Å²) in [5.74, 6) is 2.67. The number of carbonyl (C=O) groups is 1. The van der Waals surface area contributed by atoms with E-state index in [9.17, 15) is 4.79 Å². The van der Waals surface area contributed by atoms with E-state index in [1.54, 1.807) is 0 Å².